The lowest BCUT2D eigenvalue weighted by atomic mass is 10.7. The largest absolute Gasteiger partial charge is 0.393 e. The Bertz CT molecular complexity index is 85.7. The van der Waals surface area contributed by atoms with Gasteiger partial charge in [0.1, 0.15) is 0 Å². The average Bonchev–Trinajstić information content (AvgIpc) is 1.65. The summed E-state index contributed by atoms with van der Waals surface area (Å²) in [6.07, 6.45) is 2.01. The highest BCUT2D eigenvalue weighted by atomic mass is 127. The van der Waals surface area contributed by atoms with Crippen molar-refractivity contribution < 1.29 is 0 Å². The van der Waals surface area contributed by atoms with E-state index in [1.54, 1.807) is 11.8 Å². The van der Waals surface area contributed by atoms with Crippen LogP contribution in [0.25, 0.3) is 0 Å². The van der Waals surface area contributed by atoms with Crippen LogP contribution >= 0.6 is 34.4 Å². The van der Waals surface area contributed by atoms with Gasteiger partial charge >= 0.3 is 0 Å². The van der Waals surface area contributed by atoms with E-state index in [2.05, 4.69) is 22.6 Å². The molecule has 0 rings (SSSR count). The lowest BCUT2D eigenvalue weighted by molar-refractivity contribution is 1.50. The number of rotatable bonds is 1. The Kier molecular flexibility index (Phi) is 3.92. The fourth-order valence-corrected chi connectivity index (χ4v) is 0.953. The lowest BCUT2D eigenvalue weighted by Crippen LogP contribution is -1.87. The first kappa shape index (κ1) is 7.62. The van der Waals surface area contributed by atoms with Crippen LogP contribution in [0.3, 0.4) is 0 Å². The maximum atomic E-state index is 5.39. The van der Waals surface area contributed by atoms with Crippen molar-refractivity contribution in [2.24, 2.45) is 5.73 Å². The fourth-order valence-electron chi connectivity index (χ4n) is 0.0975. The first-order valence-corrected chi connectivity index (χ1v) is 4.14. The monoisotopic (exact) mass is 229 g/mol. The quantitative estimate of drug-likeness (QED) is 0.549. The molecule has 0 aliphatic rings. The van der Waals surface area contributed by atoms with Crippen LogP contribution in [-0.4, -0.2) is 6.26 Å². The molecule has 42 valence electrons. The molecule has 0 radical (unpaired) electrons. The van der Waals surface area contributed by atoms with Crippen molar-refractivity contribution in [1.29, 1.82) is 0 Å². The van der Waals surface area contributed by atoms with E-state index < -0.39 is 0 Å². The number of thioether (sulfide) groups is 1. The third-order valence-electron chi connectivity index (χ3n) is 0.643. The Morgan fingerprint density at radius 3 is 2.14 bits per heavy atom. The standard InChI is InChI=1S/C4H8INS/c1-3(7-2)4(5)6/h6H2,1-2H3/b4-3-. The van der Waals surface area contributed by atoms with Gasteiger partial charge in [-0.15, -0.1) is 11.8 Å². The summed E-state index contributed by atoms with van der Waals surface area (Å²) < 4.78 is 0.894. The van der Waals surface area contributed by atoms with E-state index in [-0.39, 0.29) is 0 Å². The molecule has 0 unspecified atom stereocenters. The lowest BCUT2D eigenvalue weighted by Gasteiger charge is -1.92. The number of hydrogen-bond donors (Lipinski definition) is 1. The van der Waals surface area contributed by atoms with E-state index in [4.69, 9.17) is 5.73 Å². The van der Waals surface area contributed by atoms with Crippen molar-refractivity contribution in [3.05, 3.63) is 8.61 Å². The highest BCUT2D eigenvalue weighted by Gasteiger charge is 1.86. The number of hydrogen-bond acceptors (Lipinski definition) is 2. The van der Waals surface area contributed by atoms with Crippen LogP contribution in [0.5, 0.6) is 0 Å². The Balaban J connectivity index is 3.72. The maximum Gasteiger partial charge on any atom is 0.0799 e. The van der Waals surface area contributed by atoms with Crippen LogP contribution in [0.1, 0.15) is 6.92 Å². The summed E-state index contributed by atoms with van der Waals surface area (Å²) in [7, 11) is 0. The zero-order valence-corrected chi connectivity index (χ0v) is 7.34. The second-order valence-corrected chi connectivity index (χ2v) is 3.29. The molecule has 0 aliphatic heterocycles. The molecule has 0 fully saturated rings. The van der Waals surface area contributed by atoms with E-state index in [1.807, 2.05) is 13.2 Å². The Hall–Kier alpha value is 0.620. The average molecular weight is 229 g/mol. The molecule has 0 spiro atoms. The molecule has 0 atom stereocenters. The number of allylic oxidation sites excluding steroid dienone is 1. The van der Waals surface area contributed by atoms with Gasteiger partial charge in [-0.2, -0.15) is 0 Å². The molecule has 3 heteroatoms. The normalized spacial score (nSPS) is 13.6. The van der Waals surface area contributed by atoms with Gasteiger partial charge in [0.05, 0.1) is 3.70 Å². The highest BCUT2D eigenvalue weighted by Crippen LogP contribution is 2.15. The van der Waals surface area contributed by atoms with Gasteiger partial charge in [-0.05, 0) is 35.8 Å². The molecule has 0 aromatic heterocycles. The van der Waals surface area contributed by atoms with Crippen molar-refractivity contribution in [2.45, 2.75) is 6.92 Å². The Morgan fingerprint density at radius 1 is 1.71 bits per heavy atom. The Morgan fingerprint density at radius 2 is 2.14 bits per heavy atom. The molecule has 0 aromatic carbocycles. The predicted octanol–water partition coefficient (Wildman–Crippen LogP) is 1.93. The molecule has 7 heavy (non-hydrogen) atoms. The van der Waals surface area contributed by atoms with Crippen LogP contribution in [0, 0.1) is 0 Å². The van der Waals surface area contributed by atoms with Gasteiger partial charge in [0, 0.05) is 4.91 Å². The first-order valence-electron chi connectivity index (χ1n) is 1.84. The van der Waals surface area contributed by atoms with Crippen molar-refractivity contribution in [3.8, 4) is 0 Å². The molecule has 2 N–H and O–H groups in total. The summed E-state index contributed by atoms with van der Waals surface area (Å²) in [5.74, 6) is 0. The van der Waals surface area contributed by atoms with E-state index in [9.17, 15) is 0 Å². The molecule has 0 aliphatic carbocycles. The molecular weight excluding hydrogens is 221 g/mol. The van der Waals surface area contributed by atoms with E-state index >= 15 is 0 Å². The molecular formula is C4H8INS. The topological polar surface area (TPSA) is 26.0 Å². The van der Waals surface area contributed by atoms with E-state index in [0.29, 0.717) is 0 Å². The number of nitrogens with two attached hydrogens (primary N) is 1. The van der Waals surface area contributed by atoms with Gasteiger partial charge in [0.25, 0.3) is 0 Å². The van der Waals surface area contributed by atoms with Gasteiger partial charge in [0.15, 0.2) is 0 Å². The minimum absolute atomic E-state index is 0.894. The Labute approximate surface area is 61.9 Å². The van der Waals surface area contributed by atoms with E-state index in [0.717, 1.165) is 3.70 Å². The smallest absolute Gasteiger partial charge is 0.0799 e. The molecule has 0 bridgehead atoms. The second kappa shape index (κ2) is 3.60. The van der Waals surface area contributed by atoms with Gasteiger partial charge in [-0.1, -0.05) is 0 Å². The van der Waals surface area contributed by atoms with Gasteiger partial charge in [0.2, 0.25) is 0 Å². The maximum absolute atomic E-state index is 5.39. The second-order valence-electron chi connectivity index (χ2n) is 1.11. The molecule has 0 aromatic rings. The van der Waals surface area contributed by atoms with Crippen LogP contribution in [0.2, 0.25) is 0 Å². The van der Waals surface area contributed by atoms with Crippen LogP contribution in [-0.2, 0) is 0 Å². The third kappa shape index (κ3) is 3.22. The summed E-state index contributed by atoms with van der Waals surface area (Å²) >= 11 is 3.79. The van der Waals surface area contributed by atoms with Crippen molar-refractivity contribution in [2.75, 3.05) is 6.26 Å². The number of halogens is 1. The molecule has 0 amide bonds. The summed E-state index contributed by atoms with van der Waals surface area (Å²) in [4.78, 5) is 1.20. The van der Waals surface area contributed by atoms with Gasteiger partial charge in [-0.25, -0.2) is 0 Å². The van der Waals surface area contributed by atoms with Crippen molar-refractivity contribution >= 4 is 34.4 Å². The first-order chi connectivity index (χ1) is 3.18. The van der Waals surface area contributed by atoms with Gasteiger partial charge < -0.3 is 5.73 Å². The third-order valence-corrected chi connectivity index (χ3v) is 2.65. The van der Waals surface area contributed by atoms with Gasteiger partial charge in [-0.3, -0.25) is 0 Å². The zero-order valence-electron chi connectivity index (χ0n) is 4.36. The summed E-state index contributed by atoms with van der Waals surface area (Å²) in [6, 6.07) is 0. The van der Waals surface area contributed by atoms with Crippen LogP contribution in [0.15, 0.2) is 8.61 Å². The minimum atomic E-state index is 0.894. The molecule has 0 saturated carbocycles. The fraction of sp³-hybridized carbons (Fsp3) is 0.500. The van der Waals surface area contributed by atoms with Crippen LogP contribution < -0.4 is 5.73 Å². The summed E-state index contributed by atoms with van der Waals surface area (Å²) in [5, 5.41) is 0. The predicted molar refractivity (Wildman–Crippen MR) is 44.4 cm³/mol. The van der Waals surface area contributed by atoms with Crippen molar-refractivity contribution in [1.82, 2.24) is 0 Å². The molecule has 0 heterocycles. The SMILES string of the molecule is CS/C(C)=C(\N)I. The van der Waals surface area contributed by atoms with E-state index in [1.165, 1.54) is 4.91 Å². The summed E-state index contributed by atoms with van der Waals surface area (Å²) in [5.41, 5.74) is 5.39. The molecule has 0 saturated heterocycles. The highest BCUT2D eigenvalue weighted by molar-refractivity contribution is 14.1. The van der Waals surface area contributed by atoms with Crippen LogP contribution in [0.4, 0.5) is 0 Å². The minimum Gasteiger partial charge on any atom is -0.393 e. The zero-order chi connectivity index (χ0) is 5.86. The summed E-state index contributed by atoms with van der Waals surface area (Å²) in [6.45, 7) is 2.01. The molecule has 1 nitrogen and oxygen atoms in total. The van der Waals surface area contributed by atoms with Crippen molar-refractivity contribution in [3.63, 3.8) is 0 Å².